The van der Waals surface area contributed by atoms with Gasteiger partial charge in [-0.2, -0.15) is 0 Å². The number of ether oxygens (including phenoxy) is 1. The summed E-state index contributed by atoms with van der Waals surface area (Å²) in [6.45, 7) is 2.05. The van der Waals surface area contributed by atoms with Gasteiger partial charge in [0.2, 0.25) is 0 Å². The van der Waals surface area contributed by atoms with Crippen LogP contribution in [0.1, 0.15) is 38.3 Å². The van der Waals surface area contributed by atoms with Crippen LogP contribution in [0.4, 0.5) is 5.00 Å². The van der Waals surface area contributed by atoms with E-state index in [1.165, 1.54) is 17.6 Å². The molecule has 0 unspecified atom stereocenters. The molecule has 0 saturated heterocycles. The zero-order valence-electron chi connectivity index (χ0n) is 12.2. The smallest absolute Gasteiger partial charge is 0.341 e. The molecule has 0 aliphatic heterocycles. The van der Waals surface area contributed by atoms with Gasteiger partial charge in [0.05, 0.1) is 12.7 Å². The first-order valence-corrected chi connectivity index (χ1v) is 7.84. The van der Waals surface area contributed by atoms with Crippen LogP contribution in [0.2, 0.25) is 0 Å². The fourth-order valence-electron chi connectivity index (χ4n) is 2.68. The molecule has 108 valence electrons. The van der Waals surface area contributed by atoms with E-state index in [1.807, 2.05) is 18.3 Å². The van der Waals surface area contributed by atoms with E-state index >= 15 is 0 Å². The Hall–Kier alpha value is -1.94. The summed E-state index contributed by atoms with van der Waals surface area (Å²) in [4.78, 5) is 17.9. The molecule has 1 aliphatic carbocycles. The van der Waals surface area contributed by atoms with Crippen LogP contribution in [0, 0.1) is 6.92 Å². The molecule has 0 bridgehead atoms. The first kappa shape index (κ1) is 14.0. The van der Waals surface area contributed by atoms with Crippen LogP contribution in [0.3, 0.4) is 0 Å². The number of fused-ring (bicyclic) bond motifs is 1. The predicted molar refractivity (Wildman–Crippen MR) is 86.1 cm³/mol. The zero-order valence-corrected chi connectivity index (χ0v) is 13.0. The Morgan fingerprint density at radius 2 is 2.24 bits per heavy atom. The molecule has 3 nitrogen and oxygen atoms in total. The van der Waals surface area contributed by atoms with Gasteiger partial charge in [0.25, 0.3) is 0 Å². The van der Waals surface area contributed by atoms with E-state index in [4.69, 9.17) is 4.74 Å². The lowest BCUT2D eigenvalue weighted by Gasteiger charge is -2.01. The number of thiophene rings is 1. The molecule has 4 heteroatoms. The number of rotatable bonds is 3. The number of hydrogen-bond acceptors (Lipinski definition) is 4. The minimum Gasteiger partial charge on any atom is -0.465 e. The minimum atomic E-state index is -0.272. The van der Waals surface area contributed by atoms with Gasteiger partial charge in [-0.15, -0.1) is 11.3 Å². The summed E-state index contributed by atoms with van der Waals surface area (Å²) < 4.78 is 4.93. The van der Waals surface area contributed by atoms with Gasteiger partial charge in [-0.05, 0) is 37.3 Å². The van der Waals surface area contributed by atoms with Crippen molar-refractivity contribution in [2.45, 2.75) is 26.2 Å². The molecule has 0 N–H and O–H groups in total. The Morgan fingerprint density at radius 1 is 1.38 bits per heavy atom. The van der Waals surface area contributed by atoms with Gasteiger partial charge in [-0.3, -0.25) is 0 Å². The van der Waals surface area contributed by atoms with Gasteiger partial charge in [0.1, 0.15) is 5.00 Å². The van der Waals surface area contributed by atoms with Crippen molar-refractivity contribution in [3.8, 4) is 0 Å². The highest BCUT2D eigenvalue weighted by atomic mass is 32.1. The van der Waals surface area contributed by atoms with Gasteiger partial charge in [-0.1, -0.05) is 29.8 Å². The molecule has 3 rings (SSSR count). The molecule has 1 aromatic carbocycles. The molecule has 2 aromatic rings. The molecule has 1 heterocycles. The third-order valence-corrected chi connectivity index (χ3v) is 4.87. The van der Waals surface area contributed by atoms with Crippen molar-refractivity contribution in [2.24, 2.45) is 4.99 Å². The molecular weight excluding hydrogens is 282 g/mol. The summed E-state index contributed by atoms with van der Waals surface area (Å²) in [6.07, 6.45) is 4.94. The lowest BCUT2D eigenvalue weighted by Crippen LogP contribution is -2.03. The van der Waals surface area contributed by atoms with E-state index in [2.05, 4.69) is 24.0 Å². The lowest BCUT2D eigenvalue weighted by atomic mass is 10.1. The molecule has 0 radical (unpaired) electrons. The van der Waals surface area contributed by atoms with Crippen LogP contribution >= 0.6 is 11.3 Å². The third-order valence-electron chi connectivity index (χ3n) is 3.67. The molecule has 0 spiro atoms. The zero-order chi connectivity index (χ0) is 14.8. The molecular formula is C17H17NO2S. The molecule has 21 heavy (non-hydrogen) atoms. The van der Waals surface area contributed by atoms with Crippen molar-refractivity contribution >= 4 is 28.5 Å². The van der Waals surface area contributed by atoms with Crippen LogP contribution in [0.15, 0.2) is 29.3 Å². The number of nitrogens with zero attached hydrogens (tertiary/aromatic N) is 1. The topological polar surface area (TPSA) is 38.7 Å². The summed E-state index contributed by atoms with van der Waals surface area (Å²) >= 11 is 1.62. The maximum Gasteiger partial charge on any atom is 0.341 e. The van der Waals surface area contributed by atoms with E-state index in [0.29, 0.717) is 5.56 Å². The Labute approximate surface area is 128 Å². The van der Waals surface area contributed by atoms with E-state index in [1.54, 1.807) is 11.3 Å². The van der Waals surface area contributed by atoms with Gasteiger partial charge in [0, 0.05) is 11.1 Å². The van der Waals surface area contributed by atoms with Crippen molar-refractivity contribution < 1.29 is 9.53 Å². The number of methoxy groups -OCH3 is 1. The highest BCUT2D eigenvalue weighted by molar-refractivity contribution is 7.16. The summed E-state index contributed by atoms with van der Waals surface area (Å²) in [5, 5.41) is 0.771. The summed E-state index contributed by atoms with van der Waals surface area (Å²) in [6, 6.07) is 8.14. The highest BCUT2D eigenvalue weighted by Crippen LogP contribution is 2.41. The average Bonchev–Trinajstić information content (AvgIpc) is 3.04. The highest BCUT2D eigenvalue weighted by Gasteiger charge is 2.26. The fourth-order valence-corrected chi connectivity index (χ4v) is 3.90. The van der Waals surface area contributed by atoms with Gasteiger partial charge >= 0.3 is 5.97 Å². The van der Waals surface area contributed by atoms with Gasteiger partial charge in [0.15, 0.2) is 0 Å². The normalized spacial score (nSPS) is 13.6. The summed E-state index contributed by atoms with van der Waals surface area (Å²) in [7, 11) is 1.43. The van der Waals surface area contributed by atoms with E-state index in [0.717, 1.165) is 35.4 Å². The second kappa shape index (κ2) is 5.82. The van der Waals surface area contributed by atoms with Crippen molar-refractivity contribution in [3.05, 3.63) is 51.4 Å². The first-order chi connectivity index (χ1) is 10.2. The second-order valence-corrected chi connectivity index (χ2v) is 6.29. The van der Waals surface area contributed by atoms with Crippen molar-refractivity contribution in [1.82, 2.24) is 0 Å². The Bertz CT molecular complexity index is 716. The van der Waals surface area contributed by atoms with E-state index in [9.17, 15) is 4.79 Å². The second-order valence-electron chi connectivity index (χ2n) is 5.20. The number of hydrogen-bond donors (Lipinski definition) is 0. The molecule has 0 amide bonds. The Kier molecular flexibility index (Phi) is 3.88. The number of carbonyl (C=O) groups excluding carboxylic acids is 1. The monoisotopic (exact) mass is 299 g/mol. The van der Waals surface area contributed by atoms with E-state index < -0.39 is 0 Å². The number of carbonyl (C=O) groups is 1. The van der Waals surface area contributed by atoms with E-state index in [-0.39, 0.29) is 5.97 Å². The fraction of sp³-hybridized carbons (Fsp3) is 0.294. The van der Waals surface area contributed by atoms with Crippen LogP contribution in [-0.2, 0) is 17.6 Å². The Balaban J connectivity index is 1.97. The first-order valence-electron chi connectivity index (χ1n) is 7.02. The quantitative estimate of drug-likeness (QED) is 0.632. The van der Waals surface area contributed by atoms with Crippen molar-refractivity contribution in [1.29, 1.82) is 0 Å². The Morgan fingerprint density at radius 3 is 3.00 bits per heavy atom. The number of aliphatic imine (C=N–C) groups is 1. The number of benzene rings is 1. The van der Waals surface area contributed by atoms with Crippen LogP contribution in [-0.4, -0.2) is 19.3 Å². The molecule has 0 saturated carbocycles. The maximum absolute atomic E-state index is 12.0. The van der Waals surface area contributed by atoms with Crippen molar-refractivity contribution in [2.75, 3.05) is 7.11 Å². The van der Waals surface area contributed by atoms with Crippen molar-refractivity contribution in [3.63, 3.8) is 0 Å². The SMILES string of the molecule is COC(=O)c1c(N=Cc2cccc(C)c2)sc2c1CCC2. The largest absolute Gasteiger partial charge is 0.465 e. The number of aryl methyl sites for hydroxylation is 2. The maximum atomic E-state index is 12.0. The molecule has 0 atom stereocenters. The lowest BCUT2D eigenvalue weighted by molar-refractivity contribution is 0.0601. The van der Waals surface area contributed by atoms with Crippen LogP contribution in [0.25, 0.3) is 0 Å². The average molecular weight is 299 g/mol. The van der Waals surface area contributed by atoms with Crippen LogP contribution in [0.5, 0.6) is 0 Å². The molecule has 1 aromatic heterocycles. The molecule has 0 fully saturated rings. The standard InChI is InChI=1S/C17H17NO2S/c1-11-5-3-6-12(9-11)10-18-16-15(17(19)20-2)13-7-4-8-14(13)21-16/h3,5-6,9-10H,4,7-8H2,1-2H3. The van der Waals surface area contributed by atoms with Gasteiger partial charge in [-0.25, -0.2) is 9.79 Å². The van der Waals surface area contributed by atoms with Crippen LogP contribution < -0.4 is 0 Å². The summed E-state index contributed by atoms with van der Waals surface area (Å²) in [5.41, 5.74) is 4.04. The third kappa shape index (κ3) is 2.76. The summed E-state index contributed by atoms with van der Waals surface area (Å²) in [5.74, 6) is -0.272. The molecule has 1 aliphatic rings. The minimum absolute atomic E-state index is 0.272. The number of esters is 1. The predicted octanol–water partition coefficient (Wildman–Crippen LogP) is 4.08. The van der Waals surface area contributed by atoms with Gasteiger partial charge < -0.3 is 4.74 Å².